The number of rotatable bonds is 18. The highest BCUT2D eigenvalue weighted by Crippen LogP contribution is 2.24. The first kappa shape index (κ1) is 32.2. The summed E-state index contributed by atoms with van der Waals surface area (Å²) in [4.78, 5) is 37.6. The van der Waals surface area contributed by atoms with Gasteiger partial charge in [-0.3, -0.25) is 25.4 Å². The van der Waals surface area contributed by atoms with Gasteiger partial charge in [0.25, 0.3) is 0 Å². The second-order valence-corrected chi connectivity index (χ2v) is 8.74. The molecule has 0 bridgehead atoms. The Hall–Kier alpha value is -2.81. The Morgan fingerprint density at radius 2 is 1.81 bits per heavy atom. The van der Waals surface area contributed by atoms with E-state index in [0.717, 1.165) is 0 Å². The van der Waals surface area contributed by atoms with Crippen molar-refractivity contribution in [1.29, 1.82) is 0 Å². The molecule has 0 aliphatic carbocycles. The number of hydrogen-bond acceptors (Lipinski definition) is 10. The summed E-state index contributed by atoms with van der Waals surface area (Å²) in [7, 11) is 0. The van der Waals surface area contributed by atoms with E-state index in [4.69, 9.17) is 20.9 Å². The third kappa shape index (κ3) is 12.8. The molecule has 1 unspecified atom stereocenters. The molecular formula is C24H42N6O7. The van der Waals surface area contributed by atoms with E-state index in [1.807, 2.05) is 0 Å². The molecule has 0 saturated heterocycles. The van der Waals surface area contributed by atoms with Crippen LogP contribution in [0.15, 0.2) is 18.2 Å². The number of carbonyl (C=O) groups excluding carboxylic acids is 3. The van der Waals surface area contributed by atoms with Crippen LogP contribution in [0, 0.1) is 5.92 Å². The van der Waals surface area contributed by atoms with Gasteiger partial charge < -0.3 is 41.4 Å². The molecule has 0 aliphatic rings. The van der Waals surface area contributed by atoms with Crippen LogP contribution in [0.3, 0.4) is 0 Å². The average Bonchev–Trinajstić information content (AvgIpc) is 2.83. The van der Waals surface area contributed by atoms with Gasteiger partial charge in [-0.1, -0.05) is 19.9 Å². The van der Waals surface area contributed by atoms with Crippen molar-refractivity contribution in [3.63, 3.8) is 0 Å². The van der Waals surface area contributed by atoms with Gasteiger partial charge >= 0.3 is 0 Å². The van der Waals surface area contributed by atoms with Crippen LogP contribution < -0.4 is 37.5 Å². The molecule has 3 atom stereocenters. The van der Waals surface area contributed by atoms with Gasteiger partial charge in [0.15, 0.2) is 6.35 Å². The molecule has 1 aromatic rings. The molecular weight excluding hydrogens is 484 g/mol. The van der Waals surface area contributed by atoms with Crippen molar-refractivity contribution >= 4 is 23.4 Å². The Bertz CT molecular complexity index is 853. The van der Waals surface area contributed by atoms with Gasteiger partial charge in [0.1, 0.15) is 24.4 Å². The number of aliphatic hydroxyl groups excluding tert-OH is 2. The lowest BCUT2D eigenvalue weighted by Gasteiger charge is -2.25. The maximum atomic E-state index is 13.2. The number of carbonyl (C=O) groups is 3. The summed E-state index contributed by atoms with van der Waals surface area (Å²) in [6.45, 7) is 6.27. The fourth-order valence-electron chi connectivity index (χ4n) is 3.36. The smallest absolute Gasteiger partial charge is 0.246 e. The molecule has 3 amide bonds. The van der Waals surface area contributed by atoms with Gasteiger partial charge in [0.2, 0.25) is 17.7 Å². The first-order chi connectivity index (χ1) is 17.6. The number of amides is 3. The maximum Gasteiger partial charge on any atom is 0.246 e. The number of aliphatic hydroxyl groups is 2. The molecule has 0 spiro atoms. The van der Waals surface area contributed by atoms with Gasteiger partial charge in [0, 0.05) is 30.8 Å². The van der Waals surface area contributed by atoms with Crippen LogP contribution in [-0.4, -0.2) is 79.3 Å². The summed E-state index contributed by atoms with van der Waals surface area (Å²) in [5, 5.41) is 29.5. The lowest BCUT2D eigenvalue weighted by Crippen LogP contribution is -2.54. The summed E-state index contributed by atoms with van der Waals surface area (Å²) in [5.41, 5.74) is 11.6. The zero-order valence-corrected chi connectivity index (χ0v) is 21.8. The van der Waals surface area contributed by atoms with Gasteiger partial charge in [0.05, 0.1) is 19.8 Å². The van der Waals surface area contributed by atoms with Crippen molar-refractivity contribution in [3.05, 3.63) is 23.8 Å². The van der Waals surface area contributed by atoms with E-state index in [1.165, 1.54) is 6.92 Å². The first-order valence-corrected chi connectivity index (χ1v) is 12.3. The highest BCUT2D eigenvalue weighted by Gasteiger charge is 2.28. The Morgan fingerprint density at radius 1 is 1.08 bits per heavy atom. The topological polar surface area (TPSA) is 210 Å². The second-order valence-electron chi connectivity index (χ2n) is 8.74. The molecule has 0 aliphatic heterocycles. The summed E-state index contributed by atoms with van der Waals surface area (Å²) < 4.78 is 11.0. The monoisotopic (exact) mass is 526 g/mol. The number of benzene rings is 1. The number of ether oxygens (including phenoxy) is 2. The molecule has 0 aromatic heterocycles. The highest BCUT2D eigenvalue weighted by molar-refractivity contribution is 5.98. The van der Waals surface area contributed by atoms with E-state index in [1.54, 1.807) is 32.0 Å². The van der Waals surface area contributed by atoms with Crippen molar-refractivity contribution in [2.75, 3.05) is 38.2 Å². The Morgan fingerprint density at radius 3 is 2.41 bits per heavy atom. The third-order valence-electron chi connectivity index (χ3n) is 5.22. The molecule has 0 fully saturated rings. The predicted molar refractivity (Wildman–Crippen MR) is 138 cm³/mol. The molecule has 210 valence electrons. The van der Waals surface area contributed by atoms with Crippen LogP contribution in [0.1, 0.15) is 39.2 Å². The minimum Gasteiger partial charge on any atom is -0.491 e. The number of hydrogen-bond donors (Lipinski definition) is 8. The standard InChI is InChI=1S/C24H42N6O7/c1-15(2)21(28-16(3)32)23(34)30-19(5-4-9-27-24(26)35)22(33)29-18-7-6-17(14-31)20(13-18)37-12-11-36-10-8-25/h6-7,13,15,19,21,24,27,31,35H,4-5,8-12,14,25-26H2,1-3H3,(H,28,32)(H,29,33)(H,30,34)/t19-,21-,24?/m0/s1. The number of nitrogens with two attached hydrogens (primary N) is 2. The van der Waals surface area contributed by atoms with Crippen LogP contribution in [0.2, 0.25) is 0 Å². The van der Waals surface area contributed by atoms with Crippen molar-refractivity contribution in [2.45, 2.75) is 58.7 Å². The largest absolute Gasteiger partial charge is 0.491 e. The number of nitrogens with one attached hydrogen (secondary N) is 4. The SMILES string of the molecule is CC(=O)N[C@H](C(=O)N[C@@H](CCCNC(N)O)C(=O)Nc1ccc(CO)c(OCCOCCN)c1)C(C)C. The van der Waals surface area contributed by atoms with Crippen LogP contribution >= 0.6 is 0 Å². The second kappa shape index (κ2) is 17.6. The van der Waals surface area contributed by atoms with Gasteiger partial charge in [-0.25, -0.2) is 0 Å². The molecule has 37 heavy (non-hydrogen) atoms. The summed E-state index contributed by atoms with van der Waals surface area (Å²) in [5.74, 6) is -1.17. The fourth-order valence-corrected chi connectivity index (χ4v) is 3.36. The van der Waals surface area contributed by atoms with Crippen LogP contribution in [0.5, 0.6) is 5.75 Å². The molecule has 0 heterocycles. The predicted octanol–water partition coefficient (Wildman–Crippen LogP) is -1.28. The van der Waals surface area contributed by atoms with Crippen molar-refractivity contribution < 1.29 is 34.1 Å². The van der Waals surface area contributed by atoms with E-state index >= 15 is 0 Å². The minimum absolute atomic E-state index is 0.207. The molecule has 0 saturated carbocycles. The lowest BCUT2D eigenvalue weighted by atomic mass is 10.0. The van der Waals surface area contributed by atoms with E-state index < -0.39 is 30.2 Å². The van der Waals surface area contributed by atoms with Crippen LogP contribution in [0.25, 0.3) is 0 Å². The molecule has 13 nitrogen and oxygen atoms in total. The maximum absolute atomic E-state index is 13.2. The first-order valence-electron chi connectivity index (χ1n) is 12.3. The van der Waals surface area contributed by atoms with E-state index in [2.05, 4.69) is 21.3 Å². The number of anilines is 1. The molecule has 1 aromatic carbocycles. The normalized spacial score (nSPS) is 13.5. The summed E-state index contributed by atoms with van der Waals surface area (Å²) in [6.07, 6.45) is -0.547. The molecule has 1 rings (SSSR count). The van der Waals surface area contributed by atoms with Gasteiger partial charge in [-0.15, -0.1) is 0 Å². The van der Waals surface area contributed by atoms with Crippen molar-refractivity contribution in [3.8, 4) is 5.75 Å². The minimum atomic E-state index is -1.20. The zero-order chi connectivity index (χ0) is 27.8. The van der Waals surface area contributed by atoms with E-state index in [9.17, 15) is 24.6 Å². The lowest BCUT2D eigenvalue weighted by molar-refractivity contribution is -0.131. The van der Waals surface area contributed by atoms with Crippen LogP contribution in [0.4, 0.5) is 5.69 Å². The Balaban J connectivity index is 2.97. The zero-order valence-electron chi connectivity index (χ0n) is 21.8. The van der Waals surface area contributed by atoms with E-state index in [-0.39, 0.29) is 31.5 Å². The van der Waals surface area contributed by atoms with Gasteiger partial charge in [-0.05, 0) is 31.4 Å². The molecule has 13 heteroatoms. The molecule has 0 radical (unpaired) electrons. The van der Waals surface area contributed by atoms with Crippen molar-refractivity contribution in [1.82, 2.24) is 16.0 Å². The summed E-state index contributed by atoms with van der Waals surface area (Å²) >= 11 is 0. The molecule has 10 N–H and O–H groups in total. The van der Waals surface area contributed by atoms with Crippen LogP contribution in [-0.2, 0) is 25.7 Å². The van der Waals surface area contributed by atoms with Gasteiger partial charge in [-0.2, -0.15) is 0 Å². The summed E-state index contributed by atoms with van der Waals surface area (Å²) in [6, 6.07) is 3.05. The quantitative estimate of drug-likeness (QED) is 0.0838. The highest BCUT2D eigenvalue weighted by atomic mass is 16.5. The Kier molecular flexibility index (Phi) is 15.3. The third-order valence-corrected chi connectivity index (χ3v) is 5.22. The van der Waals surface area contributed by atoms with Crippen molar-refractivity contribution in [2.24, 2.45) is 17.4 Å². The van der Waals surface area contributed by atoms with E-state index in [0.29, 0.717) is 49.7 Å². The average molecular weight is 527 g/mol. The fraction of sp³-hybridized carbons (Fsp3) is 0.625. The Labute approximate surface area is 217 Å².